The summed E-state index contributed by atoms with van der Waals surface area (Å²) in [6.45, 7) is 5.67. The molecule has 0 aromatic heterocycles. The zero-order chi connectivity index (χ0) is 19.8. The number of carbonyl (C=O) groups excluding carboxylic acids is 1. The molecule has 6 heteroatoms. The molecular weight excluding hydrogens is 344 g/mol. The van der Waals surface area contributed by atoms with Crippen LogP contribution in [0.5, 0.6) is 17.2 Å². The maximum Gasteiger partial charge on any atom is 0.225 e. The third-order valence-electron chi connectivity index (χ3n) is 5.29. The number of piperidine rings is 1. The first-order chi connectivity index (χ1) is 13.0. The molecule has 0 bridgehead atoms. The zero-order valence-corrected chi connectivity index (χ0v) is 17.4. The fraction of sp³-hybridized carbons (Fsp3) is 0.667. The van der Waals surface area contributed by atoms with Crippen molar-refractivity contribution in [3.63, 3.8) is 0 Å². The Morgan fingerprint density at radius 2 is 1.70 bits per heavy atom. The van der Waals surface area contributed by atoms with Crippen molar-refractivity contribution in [3.05, 3.63) is 17.7 Å². The van der Waals surface area contributed by atoms with Crippen molar-refractivity contribution in [1.29, 1.82) is 0 Å². The van der Waals surface area contributed by atoms with Crippen LogP contribution in [0.3, 0.4) is 0 Å². The van der Waals surface area contributed by atoms with E-state index < -0.39 is 0 Å². The average molecular weight is 379 g/mol. The molecule has 1 fully saturated rings. The van der Waals surface area contributed by atoms with Crippen LogP contribution in [0.15, 0.2) is 12.1 Å². The van der Waals surface area contributed by atoms with Gasteiger partial charge in [-0.1, -0.05) is 13.3 Å². The van der Waals surface area contributed by atoms with E-state index in [2.05, 4.69) is 11.8 Å². The second kappa shape index (κ2) is 10.4. The lowest BCUT2D eigenvalue weighted by Crippen LogP contribution is -2.41. The van der Waals surface area contributed by atoms with Gasteiger partial charge in [-0.15, -0.1) is 0 Å². The van der Waals surface area contributed by atoms with E-state index in [0.29, 0.717) is 23.2 Å². The van der Waals surface area contributed by atoms with Crippen LogP contribution in [0.25, 0.3) is 0 Å². The number of carbonyl (C=O) groups is 1. The van der Waals surface area contributed by atoms with Gasteiger partial charge in [0, 0.05) is 26.1 Å². The quantitative estimate of drug-likeness (QED) is 0.661. The van der Waals surface area contributed by atoms with Crippen LogP contribution >= 0.6 is 0 Å². The fourth-order valence-corrected chi connectivity index (χ4v) is 3.64. The number of likely N-dealkylation sites (tertiary alicyclic amines) is 1. The summed E-state index contributed by atoms with van der Waals surface area (Å²) in [5, 5.41) is 0. The molecular formula is C21H34N2O4. The molecule has 0 saturated carbocycles. The first-order valence-electron chi connectivity index (χ1n) is 9.80. The molecule has 0 spiro atoms. The number of ether oxygens (including phenoxy) is 3. The number of methoxy groups -OCH3 is 3. The summed E-state index contributed by atoms with van der Waals surface area (Å²) < 4.78 is 16.3. The number of unbranched alkanes of at least 4 members (excludes halogenated alkanes) is 1. The van der Waals surface area contributed by atoms with E-state index in [1.54, 1.807) is 21.3 Å². The standard InChI is InChI=1S/C21H34N2O4/c1-6-7-10-22(2)21(24)17-8-11-23(12-9-17)15-16-13-18(25-3)20(27-5)19(14-16)26-4/h13-14,17H,6-12,15H2,1-5H3. The summed E-state index contributed by atoms with van der Waals surface area (Å²) in [5.41, 5.74) is 1.12. The molecule has 1 saturated heterocycles. The minimum atomic E-state index is 0.156. The van der Waals surface area contributed by atoms with Gasteiger partial charge in [0.25, 0.3) is 0 Å². The van der Waals surface area contributed by atoms with Gasteiger partial charge in [-0.05, 0) is 50.0 Å². The second-order valence-electron chi connectivity index (χ2n) is 7.20. The molecule has 6 nitrogen and oxygen atoms in total. The van der Waals surface area contributed by atoms with Gasteiger partial charge in [-0.25, -0.2) is 0 Å². The molecule has 152 valence electrons. The van der Waals surface area contributed by atoms with Gasteiger partial charge in [0.05, 0.1) is 21.3 Å². The monoisotopic (exact) mass is 378 g/mol. The maximum absolute atomic E-state index is 12.6. The highest BCUT2D eigenvalue weighted by Gasteiger charge is 2.27. The largest absolute Gasteiger partial charge is 0.493 e. The second-order valence-corrected chi connectivity index (χ2v) is 7.20. The van der Waals surface area contributed by atoms with Crippen LogP contribution < -0.4 is 14.2 Å². The summed E-state index contributed by atoms with van der Waals surface area (Å²) in [6.07, 6.45) is 4.02. The fourth-order valence-electron chi connectivity index (χ4n) is 3.64. The zero-order valence-electron chi connectivity index (χ0n) is 17.4. The molecule has 1 amide bonds. The van der Waals surface area contributed by atoms with Gasteiger partial charge in [-0.2, -0.15) is 0 Å². The van der Waals surface area contributed by atoms with E-state index in [0.717, 1.165) is 57.4 Å². The number of hydrogen-bond acceptors (Lipinski definition) is 5. The van der Waals surface area contributed by atoms with Crippen LogP contribution in [0.2, 0.25) is 0 Å². The Kier molecular flexibility index (Phi) is 8.23. The van der Waals surface area contributed by atoms with Crippen LogP contribution in [0, 0.1) is 5.92 Å². The predicted molar refractivity (Wildman–Crippen MR) is 107 cm³/mol. The smallest absolute Gasteiger partial charge is 0.225 e. The topological polar surface area (TPSA) is 51.2 Å². The van der Waals surface area contributed by atoms with E-state index in [1.165, 1.54) is 0 Å². The molecule has 0 radical (unpaired) electrons. The number of rotatable bonds is 9. The third-order valence-corrected chi connectivity index (χ3v) is 5.29. The highest BCUT2D eigenvalue weighted by atomic mass is 16.5. The molecule has 0 unspecified atom stereocenters. The molecule has 1 heterocycles. The number of nitrogens with zero attached hydrogens (tertiary/aromatic N) is 2. The Morgan fingerprint density at radius 3 is 2.19 bits per heavy atom. The molecule has 1 aromatic rings. The Morgan fingerprint density at radius 1 is 1.11 bits per heavy atom. The van der Waals surface area contributed by atoms with E-state index in [-0.39, 0.29) is 5.92 Å². The van der Waals surface area contributed by atoms with Gasteiger partial charge < -0.3 is 19.1 Å². The molecule has 1 aliphatic heterocycles. The summed E-state index contributed by atoms with van der Waals surface area (Å²) in [5.74, 6) is 2.42. The highest BCUT2D eigenvalue weighted by Crippen LogP contribution is 2.38. The number of hydrogen-bond donors (Lipinski definition) is 0. The van der Waals surface area contributed by atoms with E-state index in [9.17, 15) is 4.79 Å². The van der Waals surface area contributed by atoms with Crippen molar-refractivity contribution in [3.8, 4) is 17.2 Å². The molecule has 27 heavy (non-hydrogen) atoms. The van der Waals surface area contributed by atoms with Crippen molar-refractivity contribution < 1.29 is 19.0 Å². The van der Waals surface area contributed by atoms with Crippen LogP contribution in [-0.4, -0.2) is 63.7 Å². The maximum atomic E-state index is 12.6. The minimum Gasteiger partial charge on any atom is -0.493 e. The van der Waals surface area contributed by atoms with Crippen molar-refractivity contribution in [2.24, 2.45) is 5.92 Å². The van der Waals surface area contributed by atoms with Gasteiger partial charge >= 0.3 is 0 Å². The first kappa shape index (κ1) is 21.4. The number of benzene rings is 1. The van der Waals surface area contributed by atoms with Crippen LogP contribution in [-0.2, 0) is 11.3 Å². The van der Waals surface area contributed by atoms with E-state index in [4.69, 9.17) is 14.2 Å². The van der Waals surface area contributed by atoms with Crippen molar-refractivity contribution in [2.75, 3.05) is 48.0 Å². The normalized spacial score (nSPS) is 15.4. The van der Waals surface area contributed by atoms with Gasteiger partial charge in [0.2, 0.25) is 11.7 Å². The van der Waals surface area contributed by atoms with E-state index >= 15 is 0 Å². The summed E-state index contributed by atoms with van der Waals surface area (Å²) in [6, 6.07) is 3.99. The lowest BCUT2D eigenvalue weighted by Gasteiger charge is -2.33. The Hall–Kier alpha value is -1.95. The molecule has 2 rings (SSSR count). The summed E-state index contributed by atoms with van der Waals surface area (Å²) in [7, 11) is 6.81. The third kappa shape index (κ3) is 5.51. The van der Waals surface area contributed by atoms with Crippen molar-refractivity contribution in [2.45, 2.75) is 39.2 Å². The Balaban J connectivity index is 1.95. The predicted octanol–water partition coefficient (Wildman–Crippen LogP) is 3.18. The number of amides is 1. The minimum absolute atomic E-state index is 0.156. The van der Waals surface area contributed by atoms with Crippen molar-refractivity contribution in [1.82, 2.24) is 9.80 Å². The van der Waals surface area contributed by atoms with Crippen LogP contribution in [0.1, 0.15) is 38.2 Å². The highest BCUT2D eigenvalue weighted by molar-refractivity contribution is 5.78. The van der Waals surface area contributed by atoms with Gasteiger partial charge in [0.1, 0.15) is 0 Å². The van der Waals surface area contributed by atoms with Gasteiger partial charge in [0.15, 0.2) is 11.5 Å². The molecule has 0 aliphatic carbocycles. The lowest BCUT2D eigenvalue weighted by molar-refractivity contribution is -0.135. The van der Waals surface area contributed by atoms with Crippen LogP contribution in [0.4, 0.5) is 0 Å². The van der Waals surface area contributed by atoms with Gasteiger partial charge in [-0.3, -0.25) is 9.69 Å². The SMILES string of the molecule is CCCCN(C)C(=O)C1CCN(Cc2cc(OC)c(OC)c(OC)c2)CC1. The molecule has 0 atom stereocenters. The molecule has 1 aromatic carbocycles. The van der Waals surface area contributed by atoms with E-state index in [1.807, 2.05) is 24.1 Å². The summed E-state index contributed by atoms with van der Waals surface area (Å²) in [4.78, 5) is 16.9. The Bertz CT molecular complexity index is 587. The summed E-state index contributed by atoms with van der Waals surface area (Å²) >= 11 is 0. The lowest BCUT2D eigenvalue weighted by atomic mass is 9.95. The van der Waals surface area contributed by atoms with Crippen molar-refractivity contribution >= 4 is 5.91 Å². The first-order valence-corrected chi connectivity index (χ1v) is 9.80. The Labute approximate surface area is 163 Å². The molecule has 0 N–H and O–H groups in total. The molecule has 1 aliphatic rings. The average Bonchev–Trinajstić information content (AvgIpc) is 2.71.